The fraction of sp³-hybridized carbons (Fsp3) is 1.00. The van der Waals surface area contributed by atoms with Gasteiger partial charge in [0.25, 0.3) is 0 Å². The summed E-state index contributed by atoms with van der Waals surface area (Å²) in [4.78, 5) is 16.9. The Morgan fingerprint density at radius 1 is 1.36 bits per heavy atom. The first-order valence-electron chi connectivity index (χ1n) is 3.45. The van der Waals surface area contributed by atoms with Gasteiger partial charge in [-0.2, -0.15) is 0 Å². The Bertz CT molecular complexity index is 162. The normalized spacial score (nSPS) is 22.0. The topological polar surface area (TPSA) is 80.9 Å². The van der Waals surface area contributed by atoms with E-state index in [1.807, 2.05) is 0 Å². The Kier molecular flexibility index (Phi) is 3.04. The molecule has 0 aromatic heterocycles. The monoisotopic (exact) mass is 180 g/mol. The van der Waals surface area contributed by atoms with E-state index >= 15 is 0 Å². The molecule has 0 aromatic rings. The second-order valence-corrected chi connectivity index (χ2v) is 3.66. The highest BCUT2D eigenvalue weighted by atomic mass is 31.2. The predicted molar refractivity (Wildman–Crippen MR) is 38.0 cm³/mol. The lowest BCUT2D eigenvalue weighted by atomic mass is 10.1. The number of piperidine rings is 1. The van der Waals surface area contributed by atoms with E-state index in [9.17, 15) is 4.57 Å². The van der Waals surface area contributed by atoms with Gasteiger partial charge in [-0.25, -0.2) is 9.88 Å². The lowest BCUT2D eigenvalue weighted by Gasteiger charge is -2.21. The van der Waals surface area contributed by atoms with Gasteiger partial charge >= 0.3 is 7.82 Å². The summed E-state index contributed by atoms with van der Waals surface area (Å²) in [6.07, 6.45) is 0.921. The van der Waals surface area contributed by atoms with Crippen LogP contribution in [0.15, 0.2) is 0 Å². The number of phosphoric acid groups is 1. The third kappa shape index (κ3) is 3.84. The number of hydrogen-bond acceptors (Lipinski definition) is 2. The number of nitrogens with zero attached hydrogens (tertiary/aromatic N) is 1. The molecule has 11 heavy (non-hydrogen) atoms. The van der Waals surface area contributed by atoms with Crippen LogP contribution in [0.5, 0.6) is 0 Å². The van der Waals surface area contributed by atoms with E-state index in [-0.39, 0.29) is 6.10 Å². The van der Waals surface area contributed by atoms with Gasteiger partial charge in [-0.05, 0) is 12.8 Å². The van der Waals surface area contributed by atoms with Crippen molar-refractivity contribution < 1.29 is 18.9 Å². The van der Waals surface area contributed by atoms with Gasteiger partial charge in [-0.1, -0.05) is 0 Å². The summed E-state index contributed by atoms with van der Waals surface area (Å²) in [6.45, 7) is 1.29. The molecule has 0 saturated carbocycles. The Hall–Kier alpha value is 0.0700. The van der Waals surface area contributed by atoms with Crippen molar-refractivity contribution in [1.82, 2.24) is 5.32 Å². The SMILES string of the molecule is O=P(O)(O)OC1CC[N]CC1. The van der Waals surface area contributed by atoms with Gasteiger partial charge in [0, 0.05) is 13.1 Å². The maximum absolute atomic E-state index is 10.3. The highest BCUT2D eigenvalue weighted by Gasteiger charge is 2.23. The van der Waals surface area contributed by atoms with E-state index < -0.39 is 7.82 Å². The second-order valence-electron chi connectivity index (χ2n) is 2.47. The lowest BCUT2D eigenvalue weighted by molar-refractivity contribution is 0.109. The summed E-state index contributed by atoms with van der Waals surface area (Å²) in [5, 5.41) is 4.02. The zero-order chi connectivity index (χ0) is 8.32. The minimum Gasteiger partial charge on any atom is -0.303 e. The molecule has 0 spiro atoms. The summed E-state index contributed by atoms with van der Waals surface area (Å²) in [5.41, 5.74) is 0. The highest BCUT2D eigenvalue weighted by Crippen LogP contribution is 2.39. The summed E-state index contributed by atoms with van der Waals surface area (Å²) >= 11 is 0. The van der Waals surface area contributed by atoms with Crippen LogP contribution in [0.1, 0.15) is 12.8 Å². The van der Waals surface area contributed by atoms with E-state index in [0.29, 0.717) is 25.9 Å². The van der Waals surface area contributed by atoms with Crippen LogP contribution in [0, 0.1) is 0 Å². The van der Waals surface area contributed by atoms with Crippen LogP contribution in [0.2, 0.25) is 0 Å². The summed E-state index contributed by atoms with van der Waals surface area (Å²) in [5.74, 6) is 0. The molecule has 0 aromatic carbocycles. The predicted octanol–water partition coefficient (Wildman–Crippen LogP) is -0.138. The molecule has 2 N–H and O–H groups in total. The molecule has 0 amide bonds. The maximum Gasteiger partial charge on any atom is 0.469 e. The Balaban J connectivity index is 2.30. The van der Waals surface area contributed by atoms with E-state index in [1.165, 1.54) is 0 Å². The van der Waals surface area contributed by atoms with Crippen LogP contribution in [0.25, 0.3) is 0 Å². The van der Waals surface area contributed by atoms with Crippen LogP contribution >= 0.6 is 7.82 Å². The third-order valence-electron chi connectivity index (χ3n) is 1.50. The van der Waals surface area contributed by atoms with Crippen molar-refractivity contribution in [3.8, 4) is 0 Å². The standard InChI is InChI=1S/C5H11NO4P/c7-11(8,9)10-5-1-3-6-4-2-5/h5H,1-4H2,(H2,7,8,9). The van der Waals surface area contributed by atoms with Crippen molar-refractivity contribution in [3.05, 3.63) is 0 Å². The lowest BCUT2D eigenvalue weighted by Crippen LogP contribution is -2.27. The van der Waals surface area contributed by atoms with Gasteiger partial charge < -0.3 is 9.79 Å². The van der Waals surface area contributed by atoms with E-state index in [1.54, 1.807) is 0 Å². The number of hydrogen-bond donors (Lipinski definition) is 2. The fourth-order valence-electron chi connectivity index (χ4n) is 1.03. The minimum atomic E-state index is -4.28. The Morgan fingerprint density at radius 2 is 1.91 bits per heavy atom. The molecule has 0 atom stereocenters. The minimum absolute atomic E-state index is 0.312. The average molecular weight is 180 g/mol. The molecule has 1 heterocycles. The van der Waals surface area contributed by atoms with Crippen molar-refractivity contribution in [1.29, 1.82) is 0 Å². The quantitative estimate of drug-likeness (QED) is 0.579. The van der Waals surface area contributed by atoms with Gasteiger partial charge in [0.2, 0.25) is 0 Å². The Labute approximate surface area is 65.0 Å². The van der Waals surface area contributed by atoms with Gasteiger partial charge in [0.05, 0.1) is 6.10 Å². The van der Waals surface area contributed by atoms with Crippen molar-refractivity contribution in [3.63, 3.8) is 0 Å². The Morgan fingerprint density at radius 3 is 2.36 bits per heavy atom. The molecule has 1 fully saturated rings. The maximum atomic E-state index is 10.3. The van der Waals surface area contributed by atoms with Gasteiger partial charge in [-0.3, -0.25) is 4.52 Å². The fourth-order valence-corrected chi connectivity index (χ4v) is 1.63. The zero-order valence-electron chi connectivity index (χ0n) is 6.01. The molecule has 1 saturated heterocycles. The highest BCUT2D eigenvalue weighted by molar-refractivity contribution is 7.46. The largest absolute Gasteiger partial charge is 0.469 e. The first-order valence-corrected chi connectivity index (χ1v) is 4.98. The van der Waals surface area contributed by atoms with Crippen molar-refractivity contribution in [2.45, 2.75) is 18.9 Å². The van der Waals surface area contributed by atoms with Crippen LogP contribution in [0.3, 0.4) is 0 Å². The van der Waals surface area contributed by atoms with E-state index in [2.05, 4.69) is 9.84 Å². The van der Waals surface area contributed by atoms with Crippen molar-refractivity contribution in [2.24, 2.45) is 0 Å². The number of rotatable bonds is 2. The number of phosphoric ester groups is 1. The summed E-state index contributed by atoms with van der Waals surface area (Å²) < 4.78 is 14.8. The average Bonchev–Trinajstić information content (AvgIpc) is 1.85. The molecular weight excluding hydrogens is 169 g/mol. The van der Waals surface area contributed by atoms with E-state index in [0.717, 1.165) is 0 Å². The summed E-state index contributed by atoms with van der Waals surface area (Å²) in [7, 11) is -4.28. The molecular formula is C5H11NO4P. The molecule has 65 valence electrons. The van der Waals surface area contributed by atoms with Crippen molar-refractivity contribution in [2.75, 3.05) is 13.1 Å². The molecule has 0 bridgehead atoms. The molecule has 6 heteroatoms. The molecule has 0 aliphatic carbocycles. The molecule has 1 aliphatic rings. The molecule has 5 nitrogen and oxygen atoms in total. The van der Waals surface area contributed by atoms with Crippen LogP contribution in [-0.2, 0) is 9.09 Å². The smallest absolute Gasteiger partial charge is 0.303 e. The van der Waals surface area contributed by atoms with Crippen LogP contribution < -0.4 is 5.32 Å². The third-order valence-corrected chi connectivity index (χ3v) is 2.08. The summed E-state index contributed by atoms with van der Waals surface area (Å²) in [6, 6.07) is 0. The molecule has 1 aliphatic heterocycles. The van der Waals surface area contributed by atoms with Crippen LogP contribution in [0.4, 0.5) is 0 Å². The first kappa shape index (κ1) is 9.16. The molecule has 1 rings (SSSR count). The second kappa shape index (κ2) is 3.65. The molecule has 0 unspecified atom stereocenters. The van der Waals surface area contributed by atoms with Gasteiger partial charge in [0.1, 0.15) is 0 Å². The molecule has 1 radical (unpaired) electrons. The van der Waals surface area contributed by atoms with Crippen LogP contribution in [-0.4, -0.2) is 29.0 Å². The first-order chi connectivity index (χ1) is 5.08. The van der Waals surface area contributed by atoms with Gasteiger partial charge in [0.15, 0.2) is 0 Å². The van der Waals surface area contributed by atoms with Crippen molar-refractivity contribution >= 4 is 7.82 Å². The zero-order valence-corrected chi connectivity index (χ0v) is 6.91. The van der Waals surface area contributed by atoms with E-state index in [4.69, 9.17) is 9.79 Å². The van der Waals surface area contributed by atoms with Gasteiger partial charge in [-0.15, -0.1) is 0 Å².